The number of carbonyl (C=O) groups is 1. The summed E-state index contributed by atoms with van der Waals surface area (Å²) in [5, 5.41) is 3.13. The maximum Gasteiger partial charge on any atom is 0.253 e. The van der Waals surface area contributed by atoms with Gasteiger partial charge in [0.05, 0.1) is 11.3 Å². The van der Waals surface area contributed by atoms with Gasteiger partial charge in [0.2, 0.25) is 0 Å². The molecule has 2 rings (SSSR count). The van der Waals surface area contributed by atoms with Gasteiger partial charge in [0, 0.05) is 5.54 Å². The van der Waals surface area contributed by atoms with E-state index in [-0.39, 0.29) is 11.4 Å². The second-order valence-electron chi connectivity index (χ2n) is 5.42. The maximum absolute atomic E-state index is 12.3. The predicted molar refractivity (Wildman–Crippen MR) is 73.3 cm³/mol. The molecule has 1 aromatic rings. The summed E-state index contributed by atoms with van der Waals surface area (Å²) in [5.41, 5.74) is 4.89. The smallest absolute Gasteiger partial charge is 0.253 e. The van der Waals surface area contributed by atoms with E-state index < -0.39 is 0 Å². The van der Waals surface area contributed by atoms with Gasteiger partial charge in [-0.2, -0.15) is 0 Å². The molecule has 0 heterocycles. The molecule has 4 nitrogen and oxygen atoms in total. The number of aryl methyl sites for hydroxylation is 1. The number of rotatable bonds is 3. The fourth-order valence-corrected chi connectivity index (χ4v) is 2.60. The number of nitrogens with two attached hydrogens (primary N) is 1. The summed E-state index contributed by atoms with van der Waals surface area (Å²) < 4.78 is 0. The van der Waals surface area contributed by atoms with Crippen molar-refractivity contribution in [2.24, 2.45) is 5.84 Å². The van der Waals surface area contributed by atoms with Gasteiger partial charge in [-0.05, 0) is 44.4 Å². The number of benzene rings is 1. The molecule has 1 fully saturated rings. The molecule has 98 valence electrons. The van der Waals surface area contributed by atoms with Gasteiger partial charge in [-0.1, -0.05) is 18.9 Å². The Labute approximate surface area is 108 Å². The lowest BCUT2D eigenvalue weighted by Gasteiger charge is -2.25. The molecule has 1 saturated carbocycles. The molecular weight excluding hydrogens is 226 g/mol. The van der Waals surface area contributed by atoms with Gasteiger partial charge < -0.3 is 10.7 Å². The summed E-state index contributed by atoms with van der Waals surface area (Å²) in [6, 6.07) is 5.62. The molecule has 0 unspecified atom stereocenters. The molecule has 0 atom stereocenters. The second kappa shape index (κ2) is 4.98. The first-order chi connectivity index (χ1) is 8.54. The summed E-state index contributed by atoms with van der Waals surface area (Å²) >= 11 is 0. The molecule has 1 aromatic carbocycles. The van der Waals surface area contributed by atoms with Crippen molar-refractivity contribution in [2.45, 2.75) is 45.1 Å². The fourth-order valence-electron chi connectivity index (χ4n) is 2.60. The first-order valence-electron chi connectivity index (χ1n) is 6.44. The molecule has 4 N–H and O–H groups in total. The molecule has 1 aliphatic rings. The molecule has 0 radical (unpaired) electrons. The third-order valence-electron chi connectivity index (χ3n) is 3.70. The van der Waals surface area contributed by atoms with Crippen LogP contribution in [0.5, 0.6) is 0 Å². The minimum absolute atomic E-state index is 0.0487. The van der Waals surface area contributed by atoms with E-state index >= 15 is 0 Å². The van der Waals surface area contributed by atoms with Gasteiger partial charge in [0.15, 0.2) is 0 Å². The second-order valence-corrected chi connectivity index (χ2v) is 5.42. The van der Waals surface area contributed by atoms with E-state index in [9.17, 15) is 4.79 Å². The van der Waals surface area contributed by atoms with Crippen LogP contribution in [0.3, 0.4) is 0 Å². The molecule has 0 aromatic heterocycles. The fraction of sp³-hybridized carbons (Fsp3) is 0.500. The Balaban J connectivity index is 2.18. The average Bonchev–Trinajstić information content (AvgIpc) is 2.75. The highest BCUT2D eigenvalue weighted by atomic mass is 16.1. The van der Waals surface area contributed by atoms with Crippen molar-refractivity contribution in [3.63, 3.8) is 0 Å². The lowest BCUT2D eigenvalue weighted by atomic mass is 9.99. The topological polar surface area (TPSA) is 67.2 Å². The van der Waals surface area contributed by atoms with Crippen LogP contribution in [0.1, 0.15) is 48.5 Å². The van der Waals surface area contributed by atoms with Crippen LogP contribution in [0, 0.1) is 6.92 Å². The van der Waals surface area contributed by atoms with Crippen molar-refractivity contribution in [3.05, 3.63) is 29.3 Å². The summed E-state index contributed by atoms with van der Waals surface area (Å²) in [7, 11) is 0. The minimum atomic E-state index is -0.0617. The Morgan fingerprint density at radius 3 is 2.61 bits per heavy atom. The van der Waals surface area contributed by atoms with E-state index in [0.29, 0.717) is 11.3 Å². The number of hydrogen-bond donors (Lipinski definition) is 3. The third kappa shape index (κ3) is 2.64. The van der Waals surface area contributed by atoms with E-state index in [4.69, 9.17) is 5.84 Å². The molecular formula is C14H21N3O. The molecule has 0 bridgehead atoms. The van der Waals surface area contributed by atoms with Gasteiger partial charge in [-0.15, -0.1) is 0 Å². The van der Waals surface area contributed by atoms with Crippen LogP contribution in [-0.2, 0) is 0 Å². The van der Waals surface area contributed by atoms with Gasteiger partial charge in [-0.3, -0.25) is 10.6 Å². The lowest BCUT2D eigenvalue weighted by Crippen LogP contribution is -2.43. The Kier molecular flexibility index (Phi) is 3.57. The Morgan fingerprint density at radius 2 is 2.00 bits per heavy atom. The summed E-state index contributed by atoms with van der Waals surface area (Å²) in [5.74, 6) is 5.42. The van der Waals surface area contributed by atoms with E-state index in [1.807, 2.05) is 25.1 Å². The average molecular weight is 247 g/mol. The number of nitrogens with one attached hydrogen (secondary N) is 2. The quantitative estimate of drug-likeness (QED) is 0.567. The number of hydrogen-bond acceptors (Lipinski definition) is 3. The molecule has 18 heavy (non-hydrogen) atoms. The standard InChI is InChI=1S/C14H21N3O/c1-10-5-6-11(12(9-10)17-15)13(18)16-14(2)7-3-4-8-14/h5-6,9,17H,3-4,7-8,15H2,1-2H3,(H,16,18). The number of amides is 1. The van der Waals surface area contributed by atoms with Crippen molar-refractivity contribution in [1.82, 2.24) is 5.32 Å². The maximum atomic E-state index is 12.3. The highest BCUT2D eigenvalue weighted by molar-refractivity contribution is 6.00. The van der Waals surface area contributed by atoms with Crippen molar-refractivity contribution in [1.29, 1.82) is 0 Å². The van der Waals surface area contributed by atoms with E-state index in [1.165, 1.54) is 12.8 Å². The van der Waals surface area contributed by atoms with Crippen LogP contribution in [-0.4, -0.2) is 11.4 Å². The van der Waals surface area contributed by atoms with Gasteiger partial charge >= 0.3 is 0 Å². The van der Waals surface area contributed by atoms with Gasteiger partial charge in [-0.25, -0.2) is 0 Å². The van der Waals surface area contributed by atoms with Crippen molar-refractivity contribution in [3.8, 4) is 0 Å². The van der Waals surface area contributed by atoms with Crippen LogP contribution in [0.2, 0.25) is 0 Å². The molecule has 0 spiro atoms. The zero-order valence-corrected chi connectivity index (χ0v) is 11.0. The van der Waals surface area contributed by atoms with E-state index in [0.717, 1.165) is 18.4 Å². The third-order valence-corrected chi connectivity index (χ3v) is 3.70. The van der Waals surface area contributed by atoms with Crippen molar-refractivity contribution < 1.29 is 4.79 Å². The molecule has 1 aliphatic carbocycles. The zero-order chi connectivity index (χ0) is 13.2. The zero-order valence-electron chi connectivity index (χ0n) is 11.0. The molecule has 1 amide bonds. The summed E-state index contributed by atoms with van der Waals surface area (Å²) in [4.78, 5) is 12.3. The highest BCUT2D eigenvalue weighted by Gasteiger charge is 2.30. The predicted octanol–water partition coefficient (Wildman–Crippen LogP) is 2.34. The number of anilines is 1. The largest absolute Gasteiger partial charge is 0.347 e. The van der Waals surface area contributed by atoms with E-state index in [2.05, 4.69) is 17.7 Å². The molecule has 0 saturated heterocycles. The van der Waals surface area contributed by atoms with Crippen LogP contribution >= 0.6 is 0 Å². The first kappa shape index (κ1) is 12.9. The Bertz CT molecular complexity index is 450. The van der Waals surface area contributed by atoms with Crippen LogP contribution in [0.25, 0.3) is 0 Å². The van der Waals surface area contributed by atoms with Gasteiger partial charge in [0.1, 0.15) is 0 Å². The summed E-state index contributed by atoms with van der Waals surface area (Å²) in [6.45, 7) is 4.09. The van der Waals surface area contributed by atoms with Gasteiger partial charge in [0.25, 0.3) is 5.91 Å². The Hall–Kier alpha value is -1.55. The van der Waals surface area contributed by atoms with Crippen molar-refractivity contribution >= 4 is 11.6 Å². The number of hydrazine groups is 1. The Morgan fingerprint density at radius 1 is 1.33 bits per heavy atom. The number of nitrogen functional groups attached to an aromatic ring is 1. The molecule has 0 aliphatic heterocycles. The van der Waals surface area contributed by atoms with E-state index in [1.54, 1.807) is 0 Å². The van der Waals surface area contributed by atoms with Crippen LogP contribution in [0.15, 0.2) is 18.2 Å². The minimum Gasteiger partial charge on any atom is -0.347 e. The number of carbonyl (C=O) groups excluding carboxylic acids is 1. The first-order valence-corrected chi connectivity index (χ1v) is 6.44. The normalized spacial score (nSPS) is 17.5. The lowest BCUT2D eigenvalue weighted by molar-refractivity contribution is 0.0909. The SMILES string of the molecule is Cc1ccc(C(=O)NC2(C)CCCC2)c(NN)c1. The van der Waals surface area contributed by atoms with Crippen molar-refractivity contribution in [2.75, 3.05) is 5.43 Å². The summed E-state index contributed by atoms with van der Waals surface area (Å²) in [6.07, 6.45) is 4.48. The monoisotopic (exact) mass is 247 g/mol. The molecule has 4 heteroatoms. The van der Waals surface area contributed by atoms with Crippen LogP contribution < -0.4 is 16.6 Å². The highest BCUT2D eigenvalue weighted by Crippen LogP contribution is 2.29. The van der Waals surface area contributed by atoms with Crippen LogP contribution in [0.4, 0.5) is 5.69 Å².